The summed E-state index contributed by atoms with van der Waals surface area (Å²) >= 11 is 0. The molecule has 0 spiro atoms. The number of benzene rings is 2. The van der Waals surface area contributed by atoms with Crippen LogP contribution in [0.15, 0.2) is 47.5 Å². The molecule has 0 N–H and O–H groups in total. The van der Waals surface area contributed by atoms with Crippen molar-refractivity contribution in [1.82, 2.24) is 0 Å². The largest absolute Gasteiger partial charge is 0.289 e. The van der Waals surface area contributed by atoms with Gasteiger partial charge in [0.1, 0.15) is 0 Å². The molecular weight excluding hydrogens is 242 g/mol. The summed E-state index contributed by atoms with van der Waals surface area (Å²) in [6, 6.07) is 15.4. The Labute approximate surface area is 121 Å². The number of aliphatic imine (C=N–C) groups is 1. The van der Waals surface area contributed by atoms with Crippen LogP contribution in [0.3, 0.4) is 0 Å². The Hall–Kier alpha value is -1.89. The summed E-state index contributed by atoms with van der Waals surface area (Å²) in [5.41, 5.74) is 8.29. The van der Waals surface area contributed by atoms with E-state index in [1.807, 2.05) is 0 Å². The standard InChI is InChI=1S/C19H21N/c1-14-7-8-16(15(2)13-14)9-10-19-18-6-4-3-5-17(18)11-12-20-19/h3-8,13H,9-12H2,1-2H3. The normalized spacial score (nSPS) is 13.8. The van der Waals surface area contributed by atoms with Crippen molar-refractivity contribution in [1.29, 1.82) is 0 Å². The summed E-state index contributed by atoms with van der Waals surface area (Å²) in [6.07, 6.45) is 3.21. The highest BCUT2D eigenvalue weighted by atomic mass is 14.7. The zero-order valence-corrected chi connectivity index (χ0v) is 12.3. The second-order valence-electron chi connectivity index (χ2n) is 5.67. The van der Waals surface area contributed by atoms with Gasteiger partial charge in [0.05, 0.1) is 0 Å². The second-order valence-corrected chi connectivity index (χ2v) is 5.67. The maximum atomic E-state index is 4.75. The molecule has 1 heterocycles. The van der Waals surface area contributed by atoms with E-state index in [0.29, 0.717) is 0 Å². The van der Waals surface area contributed by atoms with Crippen molar-refractivity contribution in [2.24, 2.45) is 4.99 Å². The Morgan fingerprint density at radius 1 is 1.00 bits per heavy atom. The van der Waals surface area contributed by atoms with Crippen LogP contribution in [0.25, 0.3) is 0 Å². The molecule has 0 aliphatic carbocycles. The minimum absolute atomic E-state index is 0.944. The molecule has 1 heteroatoms. The molecule has 1 aliphatic heterocycles. The van der Waals surface area contributed by atoms with Crippen LogP contribution in [0.1, 0.15) is 34.2 Å². The number of fused-ring (bicyclic) bond motifs is 1. The molecule has 1 aliphatic rings. The van der Waals surface area contributed by atoms with Gasteiger partial charge < -0.3 is 0 Å². The number of hydrogen-bond acceptors (Lipinski definition) is 1. The van der Waals surface area contributed by atoms with E-state index < -0.39 is 0 Å². The lowest BCUT2D eigenvalue weighted by Gasteiger charge is -2.17. The molecule has 0 unspecified atom stereocenters. The average Bonchev–Trinajstić information content (AvgIpc) is 2.46. The lowest BCUT2D eigenvalue weighted by atomic mass is 9.93. The lowest BCUT2D eigenvalue weighted by Crippen LogP contribution is -2.13. The molecule has 0 fully saturated rings. The first-order chi connectivity index (χ1) is 9.74. The maximum Gasteiger partial charge on any atom is 0.0433 e. The van der Waals surface area contributed by atoms with E-state index >= 15 is 0 Å². The van der Waals surface area contributed by atoms with Crippen molar-refractivity contribution in [3.8, 4) is 0 Å². The summed E-state index contributed by atoms with van der Waals surface area (Å²) in [7, 11) is 0. The molecule has 102 valence electrons. The topological polar surface area (TPSA) is 12.4 Å². The van der Waals surface area contributed by atoms with Crippen molar-refractivity contribution >= 4 is 5.71 Å². The highest BCUT2D eigenvalue weighted by Crippen LogP contribution is 2.20. The van der Waals surface area contributed by atoms with Crippen LogP contribution in [0.5, 0.6) is 0 Å². The number of hydrogen-bond donors (Lipinski definition) is 0. The van der Waals surface area contributed by atoms with E-state index in [4.69, 9.17) is 4.99 Å². The lowest BCUT2D eigenvalue weighted by molar-refractivity contribution is 0.913. The first kappa shape index (κ1) is 13.1. The predicted octanol–water partition coefficient (Wildman–Crippen LogP) is 4.28. The monoisotopic (exact) mass is 263 g/mol. The molecule has 0 aromatic heterocycles. The molecule has 0 amide bonds. The van der Waals surface area contributed by atoms with Gasteiger partial charge in [-0.1, -0.05) is 48.0 Å². The Kier molecular flexibility index (Phi) is 3.68. The Morgan fingerprint density at radius 3 is 2.70 bits per heavy atom. The van der Waals surface area contributed by atoms with E-state index in [2.05, 4.69) is 56.3 Å². The van der Waals surface area contributed by atoms with Gasteiger partial charge in [0, 0.05) is 12.3 Å². The first-order valence-electron chi connectivity index (χ1n) is 7.42. The van der Waals surface area contributed by atoms with Gasteiger partial charge in [-0.05, 0) is 55.4 Å². The molecule has 0 saturated carbocycles. The van der Waals surface area contributed by atoms with Gasteiger partial charge in [0.2, 0.25) is 0 Å². The van der Waals surface area contributed by atoms with Crippen LogP contribution < -0.4 is 0 Å². The van der Waals surface area contributed by atoms with Crippen LogP contribution in [0, 0.1) is 13.8 Å². The fraction of sp³-hybridized carbons (Fsp3) is 0.316. The van der Waals surface area contributed by atoms with Gasteiger partial charge in [-0.15, -0.1) is 0 Å². The molecular formula is C19H21N. The summed E-state index contributed by atoms with van der Waals surface area (Å²) in [5, 5.41) is 0. The van der Waals surface area contributed by atoms with Crippen molar-refractivity contribution < 1.29 is 0 Å². The van der Waals surface area contributed by atoms with Crippen molar-refractivity contribution in [3.63, 3.8) is 0 Å². The summed E-state index contributed by atoms with van der Waals surface area (Å²) in [5.74, 6) is 0. The van der Waals surface area contributed by atoms with Crippen LogP contribution in [0.4, 0.5) is 0 Å². The smallest absolute Gasteiger partial charge is 0.0433 e. The van der Waals surface area contributed by atoms with Crippen LogP contribution in [-0.4, -0.2) is 12.3 Å². The van der Waals surface area contributed by atoms with Gasteiger partial charge in [-0.3, -0.25) is 4.99 Å². The van der Waals surface area contributed by atoms with Gasteiger partial charge in [-0.25, -0.2) is 0 Å². The SMILES string of the molecule is Cc1ccc(CCC2=NCCc3ccccc32)c(C)c1. The van der Waals surface area contributed by atoms with Crippen molar-refractivity contribution in [2.45, 2.75) is 33.1 Å². The fourth-order valence-corrected chi connectivity index (χ4v) is 3.01. The third-order valence-electron chi connectivity index (χ3n) is 4.14. The number of rotatable bonds is 3. The number of nitrogens with zero attached hydrogens (tertiary/aromatic N) is 1. The molecule has 0 saturated heterocycles. The molecule has 20 heavy (non-hydrogen) atoms. The van der Waals surface area contributed by atoms with E-state index in [0.717, 1.165) is 25.8 Å². The van der Waals surface area contributed by atoms with E-state index in [-0.39, 0.29) is 0 Å². The third-order valence-corrected chi connectivity index (χ3v) is 4.14. The molecule has 0 atom stereocenters. The molecule has 1 nitrogen and oxygen atoms in total. The average molecular weight is 263 g/mol. The molecule has 2 aromatic rings. The van der Waals surface area contributed by atoms with Gasteiger partial charge in [-0.2, -0.15) is 0 Å². The fourth-order valence-electron chi connectivity index (χ4n) is 3.01. The molecule has 3 rings (SSSR count). The molecule has 0 radical (unpaired) electrons. The summed E-state index contributed by atoms with van der Waals surface area (Å²) in [6.45, 7) is 5.30. The third kappa shape index (κ3) is 2.67. The van der Waals surface area contributed by atoms with Crippen LogP contribution in [0.2, 0.25) is 0 Å². The summed E-state index contributed by atoms with van der Waals surface area (Å²) < 4.78 is 0. The van der Waals surface area contributed by atoms with E-state index in [1.165, 1.54) is 33.5 Å². The minimum atomic E-state index is 0.944. The maximum absolute atomic E-state index is 4.75. The van der Waals surface area contributed by atoms with Crippen LogP contribution in [-0.2, 0) is 12.8 Å². The van der Waals surface area contributed by atoms with Gasteiger partial charge in [0.25, 0.3) is 0 Å². The minimum Gasteiger partial charge on any atom is -0.289 e. The van der Waals surface area contributed by atoms with E-state index in [1.54, 1.807) is 0 Å². The highest BCUT2D eigenvalue weighted by molar-refractivity contribution is 6.02. The van der Waals surface area contributed by atoms with Crippen molar-refractivity contribution in [2.75, 3.05) is 6.54 Å². The number of aryl methyl sites for hydroxylation is 3. The Bertz CT molecular complexity index is 653. The van der Waals surface area contributed by atoms with Gasteiger partial charge >= 0.3 is 0 Å². The summed E-state index contributed by atoms with van der Waals surface area (Å²) in [4.78, 5) is 4.75. The Morgan fingerprint density at radius 2 is 1.85 bits per heavy atom. The van der Waals surface area contributed by atoms with Crippen molar-refractivity contribution in [3.05, 3.63) is 70.3 Å². The highest BCUT2D eigenvalue weighted by Gasteiger charge is 2.13. The van der Waals surface area contributed by atoms with Gasteiger partial charge in [0.15, 0.2) is 0 Å². The van der Waals surface area contributed by atoms with E-state index in [9.17, 15) is 0 Å². The quantitative estimate of drug-likeness (QED) is 0.783. The first-order valence-corrected chi connectivity index (χ1v) is 7.42. The van der Waals surface area contributed by atoms with Crippen LogP contribution >= 0.6 is 0 Å². The molecule has 0 bridgehead atoms. The predicted molar refractivity (Wildman–Crippen MR) is 85.8 cm³/mol. The zero-order valence-electron chi connectivity index (χ0n) is 12.3. The Balaban J connectivity index is 1.77. The zero-order chi connectivity index (χ0) is 13.9. The molecule has 2 aromatic carbocycles. The second kappa shape index (κ2) is 5.62.